The lowest BCUT2D eigenvalue weighted by atomic mass is 9.95. The summed E-state index contributed by atoms with van der Waals surface area (Å²) < 4.78 is 11.7. The number of likely N-dealkylation sites (tertiary alicyclic amines) is 2. The van der Waals surface area contributed by atoms with Crippen LogP contribution < -0.4 is 14.4 Å². The monoisotopic (exact) mass is 494 g/mol. The maximum atomic E-state index is 13.1. The van der Waals surface area contributed by atoms with E-state index in [1.165, 1.54) is 0 Å². The quantitative estimate of drug-likeness (QED) is 0.532. The Labute approximate surface area is 211 Å². The van der Waals surface area contributed by atoms with Crippen LogP contribution in [0.4, 0.5) is 5.69 Å². The van der Waals surface area contributed by atoms with Gasteiger partial charge in [0.05, 0.1) is 49.9 Å². The molecule has 1 unspecified atom stereocenters. The third-order valence-electron chi connectivity index (χ3n) is 7.54. The summed E-state index contributed by atoms with van der Waals surface area (Å²) in [5.41, 5.74) is 4.05. The Hall–Kier alpha value is -3.27. The van der Waals surface area contributed by atoms with E-state index >= 15 is 0 Å². The largest absolute Gasteiger partial charge is 0.481 e. The maximum absolute atomic E-state index is 13.1. The van der Waals surface area contributed by atoms with Crippen LogP contribution in [0.5, 0.6) is 11.8 Å². The summed E-state index contributed by atoms with van der Waals surface area (Å²) in [6.07, 6.45) is 7.48. The highest BCUT2D eigenvalue weighted by Crippen LogP contribution is 2.31. The number of methoxy groups -OCH3 is 1. The Balaban J connectivity index is 1.21. The van der Waals surface area contributed by atoms with E-state index in [0.717, 1.165) is 74.1 Å². The fraction of sp³-hybridized carbons (Fsp3) is 0.577. The number of ether oxygens (including phenoxy) is 2. The van der Waals surface area contributed by atoms with E-state index < -0.39 is 0 Å². The average molecular weight is 495 g/mol. The number of hydrogen-bond donors (Lipinski definition) is 0. The van der Waals surface area contributed by atoms with Crippen LogP contribution in [0.2, 0.25) is 0 Å². The van der Waals surface area contributed by atoms with Crippen molar-refractivity contribution in [2.24, 2.45) is 5.92 Å². The molecule has 2 aromatic heterocycles. The van der Waals surface area contributed by atoms with Gasteiger partial charge < -0.3 is 24.1 Å². The number of aldehydes is 1. The topological polar surface area (TPSA) is 101 Å². The number of carbonyl (C=O) groups is 2. The lowest BCUT2D eigenvalue weighted by Crippen LogP contribution is -2.42. The number of fused-ring (bicyclic) bond motifs is 1. The van der Waals surface area contributed by atoms with E-state index in [1.54, 1.807) is 13.4 Å². The van der Waals surface area contributed by atoms with Crippen molar-refractivity contribution in [3.63, 3.8) is 0 Å². The highest BCUT2D eigenvalue weighted by molar-refractivity contribution is 5.79. The lowest BCUT2D eigenvalue weighted by molar-refractivity contribution is -0.136. The van der Waals surface area contributed by atoms with Crippen molar-refractivity contribution < 1.29 is 19.1 Å². The Morgan fingerprint density at radius 1 is 1.11 bits per heavy atom. The summed E-state index contributed by atoms with van der Waals surface area (Å²) in [4.78, 5) is 43.6. The number of anilines is 1. The molecule has 0 N–H and O–H groups in total. The summed E-state index contributed by atoms with van der Waals surface area (Å²) >= 11 is 0. The molecule has 0 aliphatic carbocycles. The van der Waals surface area contributed by atoms with Crippen LogP contribution in [0.25, 0.3) is 0 Å². The molecule has 0 spiro atoms. The molecule has 3 aliphatic heterocycles. The highest BCUT2D eigenvalue weighted by Gasteiger charge is 2.34. The van der Waals surface area contributed by atoms with Crippen LogP contribution in [-0.2, 0) is 22.6 Å². The summed E-state index contributed by atoms with van der Waals surface area (Å²) in [7, 11) is 1.63. The predicted molar refractivity (Wildman–Crippen MR) is 133 cm³/mol. The molecule has 10 heteroatoms. The molecule has 0 bridgehead atoms. The van der Waals surface area contributed by atoms with Gasteiger partial charge in [0.25, 0.3) is 0 Å². The van der Waals surface area contributed by atoms with Crippen molar-refractivity contribution >= 4 is 17.9 Å². The standard InChI is InChI=1S/C26H34N6O4/c1-18-13-20(14-27-24(18)35-2)31-10-6-23-22(16-31)25(29-17-28-23)36-21-5-9-32(15-21)26(34)19-3-7-30(8-4-19)11-12-33/h12-14,17,19,21H,3-11,15-16H2,1-2H3. The van der Waals surface area contributed by atoms with E-state index in [4.69, 9.17) is 9.47 Å². The molecular formula is C26H34N6O4. The first-order valence-corrected chi connectivity index (χ1v) is 12.8. The highest BCUT2D eigenvalue weighted by atomic mass is 16.5. The van der Waals surface area contributed by atoms with Crippen molar-refractivity contribution in [1.29, 1.82) is 0 Å². The second kappa shape index (κ2) is 10.8. The van der Waals surface area contributed by atoms with Gasteiger partial charge in [-0.3, -0.25) is 9.69 Å². The first-order valence-electron chi connectivity index (χ1n) is 12.8. The predicted octanol–water partition coefficient (Wildman–Crippen LogP) is 1.64. The molecule has 192 valence electrons. The zero-order valence-corrected chi connectivity index (χ0v) is 21.1. The third kappa shape index (κ3) is 5.13. The number of pyridine rings is 1. The molecule has 3 aliphatic rings. The van der Waals surface area contributed by atoms with Crippen LogP contribution in [0.3, 0.4) is 0 Å². The Bertz CT molecular complexity index is 1100. The van der Waals surface area contributed by atoms with Gasteiger partial charge in [-0.15, -0.1) is 0 Å². The number of piperidine rings is 1. The summed E-state index contributed by atoms with van der Waals surface area (Å²) in [5.74, 6) is 1.50. The molecule has 2 aromatic rings. The second-order valence-electron chi connectivity index (χ2n) is 9.85. The zero-order chi connectivity index (χ0) is 25.1. The molecule has 5 heterocycles. The minimum atomic E-state index is -0.0802. The van der Waals surface area contributed by atoms with Crippen molar-refractivity contribution in [3.05, 3.63) is 35.4 Å². The number of aromatic nitrogens is 3. The smallest absolute Gasteiger partial charge is 0.225 e. The van der Waals surface area contributed by atoms with E-state index in [2.05, 4.69) is 30.8 Å². The number of amides is 1. The molecule has 2 saturated heterocycles. The van der Waals surface area contributed by atoms with Gasteiger partial charge in [0, 0.05) is 37.4 Å². The lowest BCUT2D eigenvalue weighted by Gasteiger charge is -2.32. The van der Waals surface area contributed by atoms with Gasteiger partial charge in [-0.1, -0.05) is 0 Å². The fourth-order valence-corrected chi connectivity index (χ4v) is 5.48. The fourth-order valence-electron chi connectivity index (χ4n) is 5.48. The zero-order valence-electron chi connectivity index (χ0n) is 21.1. The number of rotatable bonds is 7. The van der Waals surface area contributed by atoms with Crippen LogP contribution in [0, 0.1) is 12.8 Å². The van der Waals surface area contributed by atoms with Crippen molar-refractivity contribution in [1.82, 2.24) is 24.8 Å². The Morgan fingerprint density at radius 2 is 1.94 bits per heavy atom. The molecule has 0 saturated carbocycles. The summed E-state index contributed by atoms with van der Waals surface area (Å²) in [5, 5.41) is 0. The third-order valence-corrected chi connectivity index (χ3v) is 7.54. The molecular weight excluding hydrogens is 460 g/mol. The molecule has 10 nitrogen and oxygen atoms in total. The Kier molecular flexibility index (Phi) is 7.31. The van der Waals surface area contributed by atoms with Gasteiger partial charge >= 0.3 is 0 Å². The van der Waals surface area contributed by atoms with E-state index in [1.807, 2.05) is 18.0 Å². The average Bonchev–Trinajstić information content (AvgIpc) is 3.37. The minimum absolute atomic E-state index is 0.0357. The minimum Gasteiger partial charge on any atom is -0.481 e. The van der Waals surface area contributed by atoms with E-state index in [0.29, 0.717) is 37.9 Å². The molecule has 1 atom stereocenters. The first kappa shape index (κ1) is 24.4. The van der Waals surface area contributed by atoms with Gasteiger partial charge in [-0.05, 0) is 38.9 Å². The van der Waals surface area contributed by atoms with Gasteiger partial charge in [-0.25, -0.2) is 15.0 Å². The summed E-state index contributed by atoms with van der Waals surface area (Å²) in [6, 6.07) is 2.09. The van der Waals surface area contributed by atoms with E-state index in [9.17, 15) is 9.59 Å². The number of aryl methyl sites for hydroxylation is 1. The van der Waals surface area contributed by atoms with Gasteiger partial charge in [0.2, 0.25) is 17.7 Å². The van der Waals surface area contributed by atoms with Crippen LogP contribution >= 0.6 is 0 Å². The first-order chi connectivity index (χ1) is 17.6. The van der Waals surface area contributed by atoms with Crippen molar-refractivity contribution in [2.75, 3.05) is 51.3 Å². The number of hydrogen-bond acceptors (Lipinski definition) is 9. The van der Waals surface area contributed by atoms with Crippen LogP contribution in [0.1, 0.15) is 36.1 Å². The van der Waals surface area contributed by atoms with Crippen LogP contribution in [0.15, 0.2) is 18.6 Å². The SMILES string of the molecule is COc1ncc(N2CCc3ncnc(OC4CCN(C(=O)C5CCN(CC=O)CC5)C4)c3C2)cc1C. The van der Waals surface area contributed by atoms with Gasteiger partial charge in [-0.2, -0.15) is 0 Å². The Morgan fingerprint density at radius 3 is 2.69 bits per heavy atom. The van der Waals surface area contributed by atoms with Crippen molar-refractivity contribution in [3.8, 4) is 11.8 Å². The molecule has 1 amide bonds. The second-order valence-corrected chi connectivity index (χ2v) is 9.85. The molecule has 36 heavy (non-hydrogen) atoms. The molecule has 2 fully saturated rings. The summed E-state index contributed by atoms with van der Waals surface area (Å²) in [6.45, 7) is 6.82. The maximum Gasteiger partial charge on any atom is 0.225 e. The molecule has 0 aromatic carbocycles. The van der Waals surface area contributed by atoms with Gasteiger partial charge in [0.15, 0.2) is 0 Å². The molecule has 5 rings (SSSR count). The van der Waals surface area contributed by atoms with Crippen LogP contribution in [-0.4, -0.2) is 89.4 Å². The normalized spacial score (nSPS) is 20.8. The van der Waals surface area contributed by atoms with E-state index in [-0.39, 0.29) is 17.9 Å². The number of carbonyl (C=O) groups excluding carboxylic acids is 2. The van der Waals surface area contributed by atoms with Crippen molar-refractivity contribution in [2.45, 2.75) is 45.3 Å². The van der Waals surface area contributed by atoms with Gasteiger partial charge in [0.1, 0.15) is 18.7 Å². The number of nitrogens with zero attached hydrogens (tertiary/aromatic N) is 6. The molecule has 0 radical (unpaired) electrons.